The average molecular weight is 369 g/mol. The minimum absolute atomic E-state index is 0.0453. The Morgan fingerprint density at radius 2 is 1.48 bits per heavy atom. The van der Waals surface area contributed by atoms with Crippen molar-refractivity contribution < 1.29 is 14.0 Å². The number of amides is 2. The van der Waals surface area contributed by atoms with Crippen LogP contribution in [0.5, 0.6) is 0 Å². The van der Waals surface area contributed by atoms with E-state index in [-0.39, 0.29) is 17.6 Å². The van der Waals surface area contributed by atoms with E-state index in [1.165, 1.54) is 37.1 Å². The molecule has 0 spiro atoms. The standard InChI is InChI=1S/C21H24FN3O2/c1-14-13-19(15(2)25(14)18-7-8-18)21(27)24-11-9-23(10-12-24)20(26)16-3-5-17(22)6-4-16/h3-6,13,18H,7-12H2,1-2H3. The fraction of sp³-hybridized carbons (Fsp3) is 0.429. The van der Waals surface area contributed by atoms with Crippen molar-refractivity contribution in [2.75, 3.05) is 26.2 Å². The molecular formula is C21H24FN3O2. The molecule has 0 unspecified atom stereocenters. The number of aryl methyl sites for hydroxylation is 1. The normalized spacial score (nSPS) is 17.3. The molecule has 1 aliphatic heterocycles. The number of benzene rings is 1. The van der Waals surface area contributed by atoms with Crippen molar-refractivity contribution in [3.8, 4) is 0 Å². The van der Waals surface area contributed by atoms with Gasteiger partial charge in [-0.05, 0) is 57.0 Å². The molecule has 2 aliphatic rings. The number of hydrogen-bond donors (Lipinski definition) is 0. The smallest absolute Gasteiger partial charge is 0.255 e. The third-order valence-corrected chi connectivity index (χ3v) is 5.57. The zero-order valence-corrected chi connectivity index (χ0v) is 15.7. The molecule has 0 atom stereocenters. The summed E-state index contributed by atoms with van der Waals surface area (Å²) in [5.74, 6) is -0.427. The van der Waals surface area contributed by atoms with Crippen molar-refractivity contribution in [2.45, 2.75) is 32.7 Å². The minimum Gasteiger partial charge on any atom is -0.345 e. The number of carbonyl (C=O) groups excluding carboxylic acids is 2. The molecule has 0 bridgehead atoms. The second kappa shape index (κ2) is 6.83. The lowest BCUT2D eigenvalue weighted by Gasteiger charge is -2.35. The molecule has 4 rings (SSSR count). The van der Waals surface area contributed by atoms with Crippen LogP contribution in [-0.2, 0) is 0 Å². The third kappa shape index (κ3) is 3.36. The van der Waals surface area contributed by atoms with E-state index < -0.39 is 0 Å². The predicted molar refractivity (Wildman–Crippen MR) is 100 cm³/mol. The predicted octanol–water partition coefficient (Wildman–Crippen LogP) is 3.18. The maximum absolute atomic E-state index is 13.0. The maximum Gasteiger partial charge on any atom is 0.255 e. The third-order valence-electron chi connectivity index (χ3n) is 5.57. The van der Waals surface area contributed by atoms with Crippen molar-refractivity contribution in [1.82, 2.24) is 14.4 Å². The van der Waals surface area contributed by atoms with E-state index in [1.807, 2.05) is 17.9 Å². The number of halogens is 1. The molecule has 27 heavy (non-hydrogen) atoms. The molecular weight excluding hydrogens is 345 g/mol. The number of aromatic nitrogens is 1. The first-order valence-corrected chi connectivity index (χ1v) is 9.48. The Hall–Kier alpha value is -2.63. The molecule has 1 saturated carbocycles. The van der Waals surface area contributed by atoms with Crippen molar-refractivity contribution in [2.24, 2.45) is 0 Å². The Morgan fingerprint density at radius 1 is 0.926 bits per heavy atom. The summed E-state index contributed by atoms with van der Waals surface area (Å²) in [5, 5.41) is 0. The molecule has 0 radical (unpaired) electrons. The lowest BCUT2D eigenvalue weighted by atomic mass is 10.1. The average Bonchev–Trinajstić information content (AvgIpc) is 3.46. The minimum atomic E-state index is -0.356. The van der Waals surface area contributed by atoms with Gasteiger partial charge in [-0.1, -0.05) is 0 Å². The van der Waals surface area contributed by atoms with Crippen LogP contribution >= 0.6 is 0 Å². The molecule has 142 valence electrons. The lowest BCUT2D eigenvalue weighted by molar-refractivity contribution is 0.0535. The van der Waals surface area contributed by atoms with Gasteiger partial charge in [-0.2, -0.15) is 0 Å². The van der Waals surface area contributed by atoms with E-state index in [9.17, 15) is 14.0 Å². The van der Waals surface area contributed by atoms with Crippen LogP contribution in [-0.4, -0.2) is 52.4 Å². The second-order valence-electron chi connectivity index (χ2n) is 7.48. The van der Waals surface area contributed by atoms with Gasteiger partial charge in [-0.25, -0.2) is 4.39 Å². The van der Waals surface area contributed by atoms with Gasteiger partial charge in [0.15, 0.2) is 0 Å². The van der Waals surface area contributed by atoms with E-state index >= 15 is 0 Å². The highest BCUT2D eigenvalue weighted by molar-refractivity contribution is 5.97. The lowest BCUT2D eigenvalue weighted by Crippen LogP contribution is -2.50. The quantitative estimate of drug-likeness (QED) is 0.834. The van der Waals surface area contributed by atoms with Gasteiger partial charge in [0.25, 0.3) is 11.8 Å². The summed E-state index contributed by atoms with van der Waals surface area (Å²) in [6.07, 6.45) is 2.38. The fourth-order valence-corrected chi connectivity index (χ4v) is 3.95. The topological polar surface area (TPSA) is 45.6 Å². The highest BCUT2D eigenvalue weighted by Gasteiger charge is 2.31. The Balaban J connectivity index is 1.42. The van der Waals surface area contributed by atoms with Gasteiger partial charge >= 0.3 is 0 Å². The fourth-order valence-electron chi connectivity index (χ4n) is 3.95. The zero-order valence-electron chi connectivity index (χ0n) is 15.7. The molecule has 2 aromatic rings. The zero-order chi connectivity index (χ0) is 19.1. The number of hydrogen-bond acceptors (Lipinski definition) is 2. The van der Waals surface area contributed by atoms with Crippen molar-refractivity contribution in [1.29, 1.82) is 0 Å². The molecule has 2 heterocycles. The van der Waals surface area contributed by atoms with Crippen LogP contribution in [0, 0.1) is 19.7 Å². The Bertz CT molecular complexity index is 876. The van der Waals surface area contributed by atoms with Gasteiger partial charge in [0.1, 0.15) is 5.82 Å². The van der Waals surface area contributed by atoms with E-state index in [2.05, 4.69) is 11.5 Å². The monoisotopic (exact) mass is 369 g/mol. The van der Waals surface area contributed by atoms with Crippen LogP contribution in [0.3, 0.4) is 0 Å². The van der Waals surface area contributed by atoms with Crippen LogP contribution < -0.4 is 0 Å². The van der Waals surface area contributed by atoms with Crippen molar-refractivity contribution >= 4 is 11.8 Å². The molecule has 2 amide bonds. The van der Waals surface area contributed by atoms with Gasteiger partial charge in [0.2, 0.25) is 0 Å². The van der Waals surface area contributed by atoms with E-state index in [0.717, 1.165) is 17.0 Å². The van der Waals surface area contributed by atoms with Crippen LogP contribution in [0.25, 0.3) is 0 Å². The van der Waals surface area contributed by atoms with Crippen LogP contribution in [0.4, 0.5) is 4.39 Å². The van der Waals surface area contributed by atoms with Crippen LogP contribution in [0.2, 0.25) is 0 Å². The van der Waals surface area contributed by atoms with E-state index in [1.54, 1.807) is 4.90 Å². The summed E-state index contributed by atoms with van der Waals surface area (Å²) in [7, 11) is 0. The van der Waals surface area contributed by atoms with Gasteiger partial charge in [0, 0.05) is 49.2 Å². The van der Waals surface area contributed by atoms with Crippen molar-refractivity contribution in [3.63, 3.8) is 0 Å². The number of piperazine rings is 1. The molecule has 1 aromatic carbocycles. The Labute approximate surface area is 158 Å². The van der Waals surface area contributed by atoms with Crippen molar-refractivity contribution in [3.05, 3.63) is 58.7 Å². The molecule has 6 heteroatoms. The SMILES string of the molecule is Cc1cc(C(=O)N2CCN(C(=O)c3ccc(F)cc3)CC2)c(C)n1C1CC1. The Morgan fingerprint density at radius 3 is 2.04 bits per heavy atom. The van der Waals surface area contributed by atoms with Gasteiger partial charge in [-0.3, -0.25) is 9.59 Å². The summed E-state index contributed by atoms with van der Waals surface area (Å²) in [5.41, 5.74) is 3.44. The highest BCUT2D eigenvalue weighted by Crippen LogP contribution is 2.38. The molecule has 2 fully saturated rings. The number of nitrogens with zero attached hydrogens (tertiary/aromatic N) is 3. The first kappa shape index (κ1) is 17.8. The highest BCUT2D eigenvalue weighted by atomic mass is 19.1. The summed E-state index contributed by atoms with van der Waals surface area (Å²) in [6.45, 7) is 6.08. The summed E-state index contributed by atoms with van der Waals surface area (Å²) >= 11 is 0. The Kier molecular flexibility index (Phi) is 4.50. The summed E-state index contributed by atoms with van der Waals surface area (Å²) < 4.78 is 15.3. The molecule has 5 nitrogen and oxygen atoms in total. The molecule has 1 aromatic heterocycles. The molecule has 0 N–H and O–H groups in total. The molecule has 1 aliphatic carbocycles. The molecule has 1 saturated heterocycles. The van der Waals surface area contributed by atoms with Gasteiger partial charge in [0.05, 0.1) is 5.56 Å². The maximum atomic E-state index is 13.0. The van der Waals surface area contributed by atoms with E-state index in [0.29, 0.717) is 37.8 Å². The van der Waals surface area contributed by atoms with Crippen LogP contribution in [0.1, 0.15) is 51.0 Å². The number of carbonyl (C=O) groups is 2. The second-order valence-corrected chi connectivity index (χ2v) is 7.48. The first-order chi connectivity index (χ1) is 13.0. The van der Waals surface area contributed by atoms with Gasteiger partial charge in [-0.15, -0.1) is 0 Å². The first-order valence-electron chi connectivity index (χ1n) is 9.48. The number of rotatable bonds is 3. The summed E-state index contributed by atoms with van der Waals surface area (Å²) in [4.78, 5) is 29.1. The van der Waals surface area contributed by atoms with Crippen LogP contribution in [0.15, 0.2) is 30.3 Å². The largest absolute Gasteiger partial charge is 0.345 e. The summed E-state index contributed by atoms with van der Waals surface area (Å²) in [6, 6.07) is 8.14. The van der Waals surface area contributed by atoms with E-state index in [4.69, 9.17) is 0 Å². The van der Waals surface area contributed by atoms with Gasteiger partial charge < -0.3 is 14.4 Å².